The molecule has 0 saturated carbocycles. The monoisotopic (exact) mass is 284 g/mol. The summed E-state index contributed by atoms with van der Waals surface area (Å²) in [4.78, 5) is 12.4. The third-order valence-electron chi connectivity index (χ3n) is 3.73. The molecule has 1 aromatic carbocycles. The standard InChI is InChI=1S/C18H24N2O/c1-6-16-15(12-20(5)19-16)17(21)11-13-7-9-14(10-8-13)18(2,3)4/h7-10,12H,6,11H2,1-5H3. The zero-order valence-corrected chi connectivity index (χ0v) is 13.6. The zero-order chi connectivity index (χ0) is 15.6. The number of hydrogen-bond donors (Lipinski definition) is 0. The summed E-state index contributed by atoms with van der Waals surface area (Å²) < 4.78 is 1.72. The van der Waals surface area contributed by atoms with Crippen LogP contribution in [-0.2, 0) is 25.3 Å². The number of aryl methyl sites for hydroxylation is 2. The molecule has 0 spiro atoms. The number of aromatic nitrogens is 2. The van der Waals surface area contributed by atoms with Gasteiger partial charge in [0.25, 0.3) is 0 Å². The van der Waals surface area contributed by atoms with Crippen molar-refractivity contribution in [2.75, 3.05) is 0 Å². The van der Waals surface area contributed by atoms with Gasteiger partial charge < -0.3 is 0 Å². The van der Waals surface area contributed by atoms with Gasteiger partial charge in [-0.05, 0) is 23.0 Å². The fraction of sp³-hybridized carbons (Fsp3) is 0.444. The molecule has 3 nitrogen and oxygen atoms in total. The van der Waals surface area contributed by atoms with Crippen molar-refractivity contribution in [1.29, 1.82) is 0 Å². The Hall–Kier alpha value is -1.90. The summed E-state index contributed by atoms with van der Waals surface area (Å²) in [6, 6.07) is 8.35. The van der Waals surface area contributed by atoms with Crippen LogP contribution < -0.4 is 0 Å². The molecule has 0 atom stereocenters. The van der Waals surface area contributed by atoms with Gasteiger partial charge in [0.05, 0.1) is 11.3 Å². The van der Waals surface area contributed by atoms with E-state index in [9.17, 15) is 4.79 Å². The van der Waals surface area contributed by atoms with Crippen molar-refractivity contribution >= 4 is 5.78 Å². The Morgan fingerprint density at radius 2 is 1.81 bits per heavy atom. The molecule has 1 heterocycles. The molecular formula is C18H24N2O. The van der Waals surface area contributed by atoms with Gasteiger partial charge in [-0.1, -0.05) is 52.0 Å². The minimum absolute atomic E-state index is 0.140. The number of benzene rings is 1. The first-order chi connectivity index (χ1) is 9.81. The van der Waals surface area contributed by atoms with Gasteiger partial charge in [-0.3, -0.25) is 9.48 Å². The zero-order valence-electron chi connectivity index (χ0n) is 13.6. The minimum atomic E-state index is 0.140. The van der Waals surface area contributed by atoms with Crippen LogP contribution >= 0.6 is 0 Å². The largest absolute Gasteiger partial charge is 0.294 e. The Kier molecular flexibility index (Phi) is 4.31. The van der Waals surface area contributed by atoms with Crippen molar-refractivity contribution in [3.63, 3.8) is 0 Å². The van der Waals surface area contributed by atoms with E-state index in [1.165, 1.54) is 5.56 Å². The lowest BCUT2D eigenvalue weighted by atomic mass is 9.86. The minimum Gasteiger partial charge on any atom is -0.294 e. The molecular weight excluding hydrogens is 260 g/mol. The lowest BCUT2D eigenvalue weighted by molar-refractivity contribution is 0.0992. The van der Waals surface area contributed by atoms with Gasteiger partial charge in [-0.25, -0.2) is 0 Å². The Balaban J connectivity index is 2.16. The maximum atomic E-state index is 12.4. The van der Waals surface area contributed by atoms with Gasteiger partial charge in [-0.2, -0.15) is 5.10 Å². The van der Waals surface area contributed by atoms with Crippen molar-refractivity contribution in [3.05, 3.63) is 52.8 Å². The molecule has 0 fully saturated rings. The summed E-state index contributed by atoms with van der Waals surface area (Å²) in [5, 5.41) is 4.33. The lowest BCUT2D eigenvalue weighted by Gasteiger charge is -2.19. The molecule has 21 heavy (non-hydrogen) atoms. The third-order valence-corrected chi connectivity index (χ3v) is 3.73. The predicted octanol–water partition coefficient (Wildman–Crippen LogP) is 3.71. The van der Waals surface area contributed by atoms with E-state index in [1.54, 1.807) is 4.68 Å². The van der Waals surface area contributed by atoms with Crippen LogP contribution in [0.25, 0.3) is 0 Å². The van der Waals surface area contributed by atoms with Crippen LogP contribution in [0.5, 0.6) is 0 Å². The highest BCUT2D eigenvalue weighted by molar-refractivity contribution is 5.98. The van der Waals surface area contributed by atoms with Crippen LogP contribution in [0.2, 0.25) is 0 Å². The van der Waals surface area contributed by atoms with Crippen LogP contribution in [0.1, 0.15) is 54.9 Å². The Morgan fingerprint density at radius 3 is 2.33 bits per heavy atom. The highest BCUT2D eigenvalue weighted by Gasteiger charge is 2.16. The number of rotatable bonds is 4. The molecule has 0 N–H and O–H groups in total. The molecule has 112 valence electrons. The molecule has 0 aliphatic rings. The highest BCUT2D eigenvalue weighted by atomic mass is 16.1. The number of hydrogen-bond acceptors (Lipinski definition) is 2. The van der Waals surface area contributed by atoms with E-state index in [0.717, 1.165) is 23.2 Å². The summed E-state index contributed by atoms with van der Waals surface area (Å²) in [6.07, 6.45) is 3.04. The highest BCUT2D eigenvalue weighted by Crippen LogP contribution is 2.22. The van der Waals surface area contributed by atoms with Crippen molar-refractivity contribution in [3.8, 4) is 0 Å². The molecule has 2 aromatic rings. The maximum Gasteiger partial charge on any atom is 0.170 e. The van der Waals surface area contributed by atoms with Gasteiger partial charge in [0, 0.05) is 19.7 Å². The van der Waals surface area contributed by atoms with Crippen molar-refractivity contribution in [1.82, 2.24) is 9.78 Å². The van der Waals surface area contributed by atoms with Crippen molar-refractivity contribution < 1.29 is 4.79 Å². The molecule has 0 saturated heterocycles. The smallest absolute Gasteiger partial charge is 0.170 e. The summed E-state index contributed by atoms with van der Waals surface area (Å²) in [5.41, 5.74) is 4.11. The number of carbonyl (C=O) groups excluding carboxylic acids is 1. The van der Waals surface area contributed by atoms with E-state index >= 15 is 0 Å². The second-order valence-electron chi connectivity index (χ2n) is 6.56. The fourth-order valence-electron chi connectivity index (χ4n) is 2.43. The van der Waals surface area contributed by atoms with E-state index in [4.69, 9.17) is 0 Å². The summed E-state index contributed by atoms with van der Waals surface area (Å²) in [5.74, 6) is 0.142. The average Bonchev–Trinajstić information content (AvgIpc) is 2.79. The quantitative estimate of drug-likeness (QED) is 0.802. The van der Waals surface area contributed by atoms with Gasteiger partial charge in [0.15, 0.2) is 5.78 Å². The van der Waals surface area contributed by atoms with Crippen LogP contribution in [0.15, 0.2) is 30.5 Å². The maximum absolute atomic E-state index is 12.4. The number of nitrogens with zero attached hydrogens (tertiary/aromatic N) is 2. The first-order valence-electron chi connectivity index (χ1n) is 7.46. The molecule has 2 rings (SSSR count). The van der Waals surface area contributed by atoms with Gasteiger partial charge in [0.1, 0.15) is 0 Å². The average molecular weight is 284 g/mol. The lowest BCUT2D eigenvalue weighted by Crippen LogP contribution is -2.11. The summed E-state index contributed by atoms with van der Waals surface area (Å²) >= 11 is 0. The molecule has 3 heteroatoms. The first kappa shape index (κ1) is 15.5. The first-order valence-corrected chi connectivity index (χ1v) is 7.46. The molecule has 0 bridgehead atoms. The second-order valence-corrected chi connectivity index (χ2v) is 6.56. The van der Waals surface area contributed by atoms with E-state index in [1.807, 2.05) is 20.2 Å². The molecule has 0 aliphatic heterocycles. The Morgan fingerprint density at radius 1 is 1.19 bits per heavy atom. The van der Waals surface area contributed by atoms with Crippen LogP contribution in [0, 0.1) is 0 Å². The van der Waals surface area contributed by atoms with Crippen molar-refractivity contribution in [2.24, 2.45) is 7.05 Å². The Bertz CT molecular complexity index is 630. The van der Waals surface area contributed by atoms with E-state index in [0.29, 0.717) is 6.42 Å². The third kappa shape index (κ3) is 3.60. The second kappa shape index (κ2) is 5.84. The van der Waals surface area contributed by atoms with E-state index in [-0.39, 0.29) is 11.2 Å². The van der Waals surface area contributed by atoms with Gasteiger partial charge in [0.2, 0.25) is 0 Å². The molecule has 0 radical (unpaired) electrons. The SMILES string of the molecule is CCc1nn(C)cc1C(=O)Cc1ccc(C(C)(C)C)cc1. The molecule has 0 amide bonds. The number of Topliss-reactive ketones (excluding diaryl/α,β-unsaturated/α-hetero) is 1. The number of carbonyl (C=O) groups is 1. The molecule has 0 aliphatic carbocycles. The van der Waals surface area contributed by atoms with Gasteiger partial charge >= 0.3 is 0 Å². The van der Waals surface area contributed by atoms with E-state index < -0.39 is 0 Å². The fourth-order valence-corrected chi connectivity index (χ4v) is 2.43. The predicted molar refractivity (Wildman–Crippen MR) is 85.8 cm³/mol. The van der Waals surface area contributed by atoms with Crippen LogP contribution in [-0.4, -0.2) is 15.6 Å². The molecule has 0 unspecified atom stereocenters. The van der Waals surface area contributed by atoms with Gasteiger partial charge in [-0.15, -0.1) is 0 Å². The molecule has 1 aromatic heterocycles. The topological polar surface area (TPSA) is 34.9 Å². The Labute approximate surface area is 127 Å². The number of ketones is 1. The van der Waals surface area contributed by atoms with Crippen molar-refractivity contribution in [2.45, 2.75) is 46.0 Å². The van der Waals surface area contributed by atoms with Crippen LogP contribution in [0.4, 0.5) is 0 Å². The van der Waals surface area contributed by atoms with Crippen LogP contribution in [0.3, 0.4) is 0 Å². The summed E-state index contributed by atoms with van der Waals surface area (Å²) in [7, 11) is 1.86. The summed E-state index contributed by atoms with van der Waals surface area (Å²) in [6.45, 7) is 8.60. The van der Waals surface area contributed by atoms with E-state index in [2.05, 4.69) is 50.1 Å². The normalized spacial score (nSPS) is 11.7.